The monoisotopic (exact) mass is 632 g/mol. The molecule has 0 aliphatic rings. The van der Waals surface area contributed by atoms with Crippen molar-refractivity contribution in [3.8, 4) is 34.1 Å². The molecule has 7 rings (SSSR count). The number of para-hydroxylation sites is 1. The number of hydrogen-bond donors (Lipinski definition) is 0. The van der Waals surface area contributed by atoms with E-state index in [-0.39, 0.29) is 11.8 Å². The van der Waals surface area contributed by atoms with Crippen LogP contribution in [0.4, 0.5) is 0 Å². The van der Waals surface area contributed by atoms with E-state index in [1.807, 2.05) is 12.3 Å². The van der Waals surface area contributed by atoms with E-state index in [4.69, 9.17) is 14.8 Å². The summed E-state index contributed by atoms with van der Waals surface area (Å²) in [4.78, 5) is 4.75. The van der Waals surface area contributed by atoms with Gasteiger partial charge in [-0.3, -0.25) is 4.57 Å². The van der Waals surface area contributed by atoms with E-state index in [0.29, 0.717) is 5.92 Å². The van der Waals surface area contributed by atoms with Crippen LogP contribution >= 0.6 is 0 Å². The summed E-state index contributed by atoms with van der Waals surface area (Å²) >= 11 is 0. The van der Waals surface area contributed by atoms with Crippen molar-refractivity contribution in [1.29, 1.82) is 0 Å². The van der Waals surface area contributed by atoms with Crippen molar-refractivity contribution in [3.05, 3.63) is 131 Å². The zero-order valence-corrected chi connectivity index (χ0v) is 29.2. The summed E-state index contributed by atoms with van der Waals surface area (Å²) < 4.78 is 11.2. The molecule has 0 saturated heterocycles. The lowest BCUT2D eigenvalue weighted by atomic mass is 9.93. The highest BCUT2D eigenvalue weighted by Gasteiger charge is 2.25. The van der Waals surface area contributed by atoms with Crippen LogP contribution in [0.5, 0.6) is 11.5 Å². The van der Waals surface area contributed by atoms with Gasteiger partial charge in [0.25, 0.3) is 0 Å². The largest absolute Gasteiger partial charge is 0.457 e. The zero-order chi connectivity index (χ0) is 33.7. The fourth-order valence-electron chi connectivity index (χ4n) is 6.76. The molecule has 48 heavy (non-hydrogen) atoms. The molecule has 0 atom stereocenters. The molecule has 242 valence electrons. The van der Waals surface area contributed by atoms with Crippen LogP contribution in [0.2, 0.25) is 0 Å². The third kappa shape index (κ3) is 5.68. The number of aromatic nitrogens is 4. The molecule has 4 aromatic carbocycles. The first kappa shape index (κ1) is 31.4. The first-order valence-electron chi connectivity index (χ1n) is 17.1. The number of hydrogen-bond acceptors (Lipinski definition) is 3. The Morgan fingerprint density at radius 2 is 1.38 bits per heavy atom. The normalized spacial score (nSPS) is 11.9. The quantitative estimate of drug-likeness (QED) is 0.167. The van der Waals surface area contributed by atoms with Crippen LogP contribution in [-0.2, 0) is 0 Å². The van der Waals surface area contributed by atoms with Gasteiger partial charge in [0.1, 0.15) is 17.3 Å². The molecule has 5 nitrogen and oxygen atoms in total. The highest BCUT2D eigenvalue weighted by molar-refractivity contribution is 6.09. The van der Waals surface area contributed by atoms with E-state index in [9.17, 15) is 0 Å². The molecule has 3 heterocycles. The molecule has 0 aliphatic heterocycles. The molecular formula is C43H44N4O. The Hall–Kier alpha value is -5.16. The van der Waals surface area contributed by atoms with Crippen LogP contribution < -0.4 is 4.74 Å². The first-order valence-corrected chi connectivity index (χ1v) is 17.1. The zero-order valence-electron chi connectivity index (χ0n) is 29.2. The predicted molar refractivity (Wildman–Crippen MR) is 199 cm³/mol. The lowest BCUT2D eigenvalue weighted by molar-refractivity contribution is 0.481. The van der Waals surface area contributed by atoms with Crippen LogP contribution in [0.1, 0.15) is 87.4 Å². The fourth-order valence-corrected chi connectivity index (χ4v) is 6.76. The van der Waals surface area contributed by atoms with Crippen molar-refractivity contribution in [2.75, 3.05) is 0 Å². The molecule has 0 spiro atoms. The molecule has 0 radical (unpaired) electrons. The third-order valence-electron chi connectivity index (χ3n) is 9.22. The molecular weight excluding hydrogens is 589 g/mol. The van der Waals surface area contributed by atoms with Crippen LogP contribution in [-0.4, -0.2) is 19.3 Å². The number of fused-ring (bicyclic) bond motifs is 3. The van der Waals surface area contributed by atoms with Gasteiger partial charge in [-0.25, -0.2) is 9.67 Å². The second-order valence-electron chi connectivity index (χ2n) is 14.0. The second-order valence-corrected chi connectivity index (χ2v) is 14.0. The summed E-state index contributed by atoms with van der Waals surface area (Å²) in [7, 11) is 0. The Kier molecular flexibility index (Phi) is 8.16. The van der Waals surface area contributed by atoms with Crippen molar-refractivity contribution in [2.45, 2.75) is 73.1 Å². The summed E-state index contributed by atoms with van der Waals surface area (Å²) in [6.45, 7) is 17.7. The summed E-state index contributed by atoms with van der Waals surface area (Å²) in [5.74, 6) is 3.30. The summed E-state index contributed by atoms with van der Waals surface area (Å²) in [6.07, 6.45) is 1.88. The summed E-state index contributed by atoms with van der Waals surface area (Å²) in [5.41, 5.74) is 11.6. The topological polar surface area (TPSA) is 44.9 Å². The summed E-state index contributed by atoms with van der Waals surface area (Å²) in [5, 5.41) is 7.68. The highest BCUT2D eigenvalue weighted by Crippen LogP contribution is 2.40. The number of benzene rings is 4. The van der Waals surface area contributed by atoms with Crippen molar-refractivity contribution < 1.29 is 4.74 Å². The summed E-state index contributed by atoms with van der Waals surface area (Å²) in [6, 6.07) is 34.5. The van der Waals surface area contributed by atoms with Crippen molar-refractivity contribution in [2.24, 2.45) is 0 Å². The minimum atomic E-state index is 0.257. The van der Waals surface area contributed by atoms with E-state index >= 15 is 0 Å². The number of nitrogens with zero attached hydrogens (tertiary/aromatic N) is 4. The molecule has 0 N–H and O–H groups in total. The number of rotatable bonds is 8. The molecule has 0 aliphatic carbocycles. The fraction of sp³-hybridized carbons (Fsp3) is 0.256. The molecule has 5 heteroatoms. The molecule has 0 saturated carbocycles. The van der Waals surface area contributed by atoms with Gasteiger partial charge in [-0.1, -0.05) is 89.6 Å². The van der Waals surface area contributed by atoms with Crippen LogP contribution in [0.25, 0.3) is 44.4 Å². The van der Waals surface area contributed by atoms with Gasteiger partial charge in [-0.2, -0.15) is 5.10 Å². The predicted octanol–water partition coefficient (Wildman–Crippen LogP) is 11.8. The van der Waals surface area contributed by atoms with Gasteiger partial charge in [-0.15, -0.1) is 0 Å². The van der Waals surface area contributed by atoms with Crippen molar-refractivity contribution in [1.82, 2.24) is 19.3 Å². The smallest absolute Gasteiger partial charge is 0.137 e. The number of ether oxygens (including phenoxy) is 1. The standard InChI is InChI=1S/C43H44N4O/c1-26(2)32-22-33(47-43(28(5)6)41(42(45-47)27(3)4)31-15-13-29(7)14-16-31)24-35(23-32)48-34-17-18-37-36-11-9-10-12-38(36)46(39(37)25-34)40-21-30(8)19-20-44-40/h9-28H,1-8H3. The Labute approximate surface area is 283 Å². The van der Waals surface area contributed by atoms with Crippen molar-refractivity contribution >= 4 is 21.8 Å². The van der Waals surface area contributed by atoms with Gasteiger partial charge < -0.3 is 4.74 Å². The Bertz CT molecular complexity index is 2270. The Morgan fingerprint density at radius 3 is 2.08 bits per heavy atom. The molecule has 3 aromatic heterocycles. The van der Waals surface area contributed by atoms with Gasteiger partial charge >= 0.3 is 0 Å². The first-order chi connectivity index (χ1) is 23.1. The van der Waals surface area contributed by atoms with E-state index in [1.165, 1.54) is 44.3 Å². The van der Waals surface area contributed by atoms with E-state index in [2.05, 4.69) is 156 Å². The molecule has 0 amide bonds. The van der Waals surface area contributed by atoms with Crippen molar-refractivity contribution in [3.63, 3.8) is 0 Å². The van der Waals surface area contributed by atoms with E-state index < -0.39 is 0 Å². The molecule has 0 unspecified atom stereocenters. The van der Waals surface area contributed by atoms with Crippen LogP contribution in [0.3, 0.4) is 0 Å². The highest BCUT2D eigenvalue weighted by atomic mass is 16.5. The molecule has 0 fully saturated rings. The Morgan fingerprint density at radius 1 is 0.625 bits per heavy atom. The van der Waals surface area contributed by atoms with Gasteiger partial charge in [0.2, 0.25) is 0 Å². The molecule has 0 bridgehead atoms. The average molecular weight is 633 g/mol. The average Bonchev–Trinajstić information content (AvgIpc) is 3.62. The lowest BCUT2D eigenvalue weighted by Crippen LogP contribution is -2.06. The number of aryl methyl sites for hydroxylation is 2. The minimum absolute atomic E-state index is 0.257. The van der Waals surface area contributed by atoms with Gasteiger partial charge in [0.15, 0.2) is 0 Å². The van der Waals surface area contributed by atoms with Crippen LogP contribution in [0.15, 0.2) is 103 Å². The maximum absolute atomic E-state index is 6.76. The minimum Gasteiger partial charge on any atom is -0.457 e. The lowest BCUT2D eigenvalue weighted by Gasteiger charge is -2.17. The molecule has 7 aromatic rings. The second kappa shape index (κ2) is 12.5. The number of pyridine rings is 1. The van der Waals surface area contributed by atoms with Gasteiger partial charge in [-0.05, 0) is 90.8 Å². The van der Waals surface area contributed by atoms with E-state index in [0.717, 1.165) is 39.7 Å². The van der Waals surface area contributed by atoms with Gasteiger partial charge in [0, 0.05) is 34.7 Å². The maximum atomic E-state index is 6.76. The third-order valence-corrected chi connectivity index (χ3v) is 9.22. The van der Waals surface area contributed by atoms with Crippen LogP contribution in [0, 0.1) is 13.8 Å². The Balaban J connectivity index is 1.37. The maximum Gasteiger partial charge on any atom is 0.137 e. The van der Waals surface area contributed by atoms with Gasteiger partial charge in [0.05, 0.1) is 28.1 Å². The van der Waals surface area contributed by atoms with E-state index in [1.54, 1.807) is 0 Å². The SMILES string of the molecule is Cc1ccc(-c2c(C(C)C)nn(-c3cc(Oc4ccc5c6ccccc6n(-c6cc(C)ccn6)c5c4)cc(C(C)C)c3)c2C(C)C)cc1.